The van der Waals surface area contributed by atoms with E-state index >= 15 is 0 Å². The van der Waals surface area contributed by atoms with E-state index in [1.807, 2.05) is 24.3 Å². The molecule has 0 aliphatic rings. The van der Waals surface area contributed by atoms with Crippen molar-refractivity contribution in [3.8, 4) is 5.75 Å². The Hall–Kier alpha value is -1.95. The molecule has 0 atom stereocenters. The van der Waals surface area contributed by atoms with Crippen LogP contribution in [0.5, 0.6) is 5.75 Å². The van der Waals surface area contributed by atoms with E-state index in [9.17, 15) is 4.39 Å². The smallest absolute Gasteiger partial charge is 0.124 e. The third-order valence-electron chi connectivity index (χ3n) is 3.36. The summed E-state index contributed by atoms with van der Waals surface area (Å²) in [5.41, 5.74) is 2.01. The number of rotatable bonds is 10. The molecule has 0 saturated carbocycles. The van der Waals surface area contributed by atoms with Gasteiger partial charge < -0.3 is 20.5 Å². The first-order valence-corrected chi connectivity index (χ1v) is 7.77. The zero-order valence-corrected chi connectivity index (χ0v) is 13.1. The topological polar surface area (TPSA) is 53.5 Å². The van der Waals surface area contributed by atoms with Crippen molar-refractivity contribution in [3.63, 3.8) is 0 Å². The van der Waals surface area contributed by atoms with Gasteiger partial charge in [-0.2, -0.15) is 0 Å². The Kier molecular flexibility index (Phi) is 7.52. The fourth-order valence-electron chi connectivity index (χ4n) is 2.14. The molecule has 0 unspecified atom stereocenters. The summed E-state index contributed by atoms with van der Waals surface area (Å²) in [6.45, 7) is 3.50. The maximum absolute atomic E-state index is 12.9. The lowest BCUT2D eigenvalue weighted by Crippen LogP contribution is -2.28. The molecule has 4 nitrogen and oxygen atoms in total. The number of aliphatic hydroxyl groups excluding tert-OH is 1. The zero-order valence-electron chi connectivity index (χ0n) is 13.1. The molecule has 0 heterocycles. The van der Waals surface area contributed by atoms with Gasteiger partial charge in [-0.05, 0) is 23.8 Å². The van der Waals surface area contributed by atoms with Gasteiger partial charge in [-0.3, -0.25) is 0 Å². The number of nitrogens with one attached hydrogen (secondary N) is 2. The number of halogens is 1. The second kappa shape index (κ2) is 9.94. The summed E-state index contributed by atoms with van der Waals surface area (Å²) in [5, 5.41) is 15.1. The van der Waals surface area contributed by atoms with E-state index in [1.54, 1.807) is 12.1 Å². The molecule has 0 amide bonds. The van der Waals surface area contributed by atoms with Crippen LogP contribution in [0, 0.1) is 5.82 Å². The highest BCUT2D eigenvalue weighted by Crippen LogP contribution is 2.19. The second-order valence-electron chi connectivity index (χ2n) is 5.17. The average molecular weight is 318 g/mol. The predicted molar refractivity (Wildman–Crippen MR) is 88.8 cm³/mol. The highest BCUT2D eigenvalue weighted by Gasteiger charge is 2.03. The molecule has 0 fully saturated rings. The average Bonchev–Trinajstić information content (AvgIpc) is 2.58. The van der Waals surface area contributed by atoms with Crippen LogP contribution in [0.2, 0.25) is 0 Å². The largest absolute Gasteiger partial charge is 0.489 e. The Balaban J connectivity index is 1.81. The number of ether oxygens (including phenoxy) is 1. The van der Waals surface area contributed by atoms with Crippen molar-refractivity contribution >= 4 is 0 Å². The molecule has 2 aromatic rings. The molecule has 0 aliphatic carbocycles. The molecule has 124 valence electrons. The summed E-state index contributed by atoms with van der Waals surface area (Å²) in [7, 11) is 0. The molecule has 0 saturated heterocycles. The van der Waals surface area contributed by atoms with E-state index < -0.39 is 0 Å². The molecule has 0 radical (unpaired) electrons. The zero-order chi connectivity index (χ0) is 16.3. The molecule has 0 spiro atoms. The number of hydrogen-bond acceptors (Lipinski definition) is 4. The van der Waals surface area contributed by atoms with Crippen LogP contribution in [0.3, 0.4) is 0 Å². The van der Waals surface area contributed by atoms with E-state index in [2.05, 4.69) is 10.6 Å². The summed E-state index contributed by atoms with van der Waals surface area (Å²) in [5.74, 6) is 0.584. The van der Waals surface area contributed by atoms with E-state index in [0.717, 1.165) is 30.0 Å². The summed E-state index contributed by atoms with van der Waals surface area (Å²) < 4.78 is 18.7. The van der Waals surface area contributed by atoms with E-state index in [4.69, 9.17) is 9.84 Å². The molecule has 3 N–H and O–H groups in total. The minimum absolute atomic E-state index is 0.153. The second-order valence-corrected chi connectivity index (χ2v) is 5.17. The highest BCUT2D eigenvalue weighted by molar-refractivity contribution is 5.33. The van der Waals surface area contributed by atoms with Crippen LogP contribution in [0.4, 0.5) is 4.39 Å². The van der Waals surface area contributed by atoms with E-state index in [-0.39, 0.29) is 12.4 Å². The normalized spacial score (nSPS) is 10.7. The molecule has 0 aliphatic heterocycles. The first-order valence-electron chi connectivity index (χ1n) is 7.77. The summed E-state index contributed by atoms with van der Waals surface area (Å²) in [6, 6.07) is 14.2. The summed E-state index contributed by atoms with van der Waals surface area (Å²) in [4.78, 5) is 0. The SMILES string of the molecule is OCCNCCNCc1ccccc1OCc1ccc(F)cc1. The lowest BCUT2D eigenvalue weighted by Gasteiger charge is -2.12. The number of hydrogen-bond donors (Lipinski definition) is 3. The van der Waals surface area contributed by atoms with Gasteiger partial charge in [0.2, 0.25) is 0 Å². The van der Waals surface area contributed by atoms with Gasteiger partial charge in [-0.25, -0.2) is 4.39 Å². The Morgan fingerprint density at radius 2 is 1.65 bits per heavy atom. The van der Waals surface area contributed by atoms with Crippen LogP contribution in [-0.2, 0) is 13.2 Å². The van der Waals surface area contributed by atoms with E-state index in [1.165, 1.54) is 12.1 Å². The summed E-state index contributed by atoms with van der Waals surface area (Å²) >= 11 is 0. The van der Waals surface area contributed by atoms with Gasteiger partial charge in [-0.15, -0.1) is 0 Å². The van der Waals surface area contributed by atoms with Crippen LogP contribution in [0.1, 0.15) is 11.1 Å². The number of benzene rings is 2. The van der Waals surface area contributed by atoms with Crippen LogP contribution in [0.25, 0.3) is 0 Å². The molecule has 23 heavy (non-hydrogen) atoms. The quantitative estimate of drug-likeness (QED) is 0.587. The van der Waals surface area contributed by atoms with Crippen molar-refractivity contribution in [2.24, 2.45) is 0 Å². The van der Waals surface area contributed by atoms with Gasteiger partial charge in [0.1, 0.15) is 18.2 Å². The maximum atomic E-state index is 12.9. The molecule has 5 heteroatoms. The predicted octanol–water partition coefficient (Wildman–Crippen LogP) is 2.08. The molecular formula is C18H23FN2O2. The molecule has 2 aromatic carbocycles. The highest BCUT2D eigenvalue weighted by atomic mass is 19.1. The first kappa shape index (κ1) is 17.4. The Bertz CT molecular complexity index is 575. The van der Waals surface area contributed by atoms with Gasteiger partial charge in [0.05, 0.1) is 6.61 Å². The van der Waals surface area contributed by atoms with Crippen LogP contribution >= 0.6 is 0 Å². The van der Waals surface area contributed by atoms with Gasteiger partial charge >= 0.3 is 0 Å². The minimum atomic E-state index is -0.242. The first-order chi connectivity index (χ1) is 11.3. The van der Waals surface area contributed by atoms with Crippen molar-refractivity contribution in [1.29, 1.82) is 0 Å². The molecule has 0 aromatic heterocycles. The number of para-hydroxylation sites is 1. The fraction of sp³-hybridized carbons (Fsp3) is 0.333. The Morgan fingerprint density at radius 1 is 0.913 bits per heavy atom. The van der Waals surface area contributed by atoms with Gasteiger partial charge in [0.15, 0.2) is 0 Å². The fourth-order valence-corrected chi connectivity index (χ4v) is 2.14. The van der Waals surface area contributed by atoms with Crippen LogP contribution in [0.15, 0.2) is 48.5 Å². The van der Waals surface area contributed by atoms with Gasteiger partial charge in [0, 0.05) is 31.7 Å². The third kappa shape index (κ3) is 6.36. The Labute approximate surface area is 136 Å². The minimum Gasteiger partial charge on any atom is -0.489 e. The van der Waals surface area contributed by atoms with Crippen LogP contribution in [-0.4, -0.2) is 31.3 Å². The Morgan fingerprint density at radius 3 is 2.43 bits per heavy atom. The number of aliphatic hydroxyl groups is 1. The van der Waals surface area contributed by atoms with Gasteiger partial charge in [-0.1, -0.05) is 30.3 Å². The molecular weight excluding hydrogens is 295 g/mol. The maximum Gasteiger partial charge on any atom is 0.124 e. The lowest BCUT2D eigenvalue weighted by molar-refractivity contribution is 0.292. The standard InChI is InChI=1S/C18H23FN2O2/c19-17-7-5-15(6-8-17)14-23-18-4-2-1-3-16(18)13-21-10-9-20-11-12-22/h1-8,20-22H,9-14H2. The summed E-state index contributed by atoms with van der Waals surface area (Å²) in [6.07, 6.45) is 0. The lowest BCUT2D eigenvalue weighted by atomic mass is 10.2. The molecule has 2 rings (SSSR count). The third-order valence-corrected chi connectivity index (χ3v) is 3.36. The van der Waals surface area contributed by atoms with Crippen molar-refractivity contribution in [2.45, 2.75) is 13.2 Å². The van der Waals surface area contributed by atoms with Crippen molar-refractivity contribution < 1.29 is 14.2 Å². The molecule has 0 bridgehead atoms. The monoisotopic (exact) mass is 318 g/mol. The van der Waals surface area contributed by atoms with Crippen LogP contribution < -0.4 is 15.4 Å². The van der Waals surface area contributed by atoms with Gasteiger partial charge in [0.25, 0.3) is 0 Å². The van der Waals surface area contributed by atoms with Crippen molar-refractivity contribution in [2.75, 3.05) is 26.2 Å². The van der Waals surface area contributed by atoms with E-state index in [0.29, 0.717) is 19.7 Å². The van der Waals surface area contributed by atoms with Crippen molar-refractivity contribution in [3.05, 3.63) is 65.5 Å². The van der Waals surface area contributed by atoms with Crippen molar-refractivity contribution in [1.82, 2.24) is 10.6 Å².